The van der Waals surface area contributed by atoms with Crippen LogP contribution in [0, 0.1) is 6.92 Å². The predicted molar refractivity (Wildman–Crippen MR) is 130 cm³/mol. The van der Waals surface area contributed by atoms with Crippen molar-refractivity contribution in [1.29, 1.82) is 0 Å². The molecule has 3 heterocycles. The Kier molecular flexibility index (Phi) is 7.62. The summed E-state index contributed by atoms with van der Waals surface area (Å²) in [5, 5.41) is 0. The van der Waals surface area contributed by atoms with E-state index < -0.39 is 0 Å². The van der Waals surface area contributed by atoms with Crippen LogP contribution in [0.1, 0.15) is 46.1 Å². The van der Waals surface area contributed by atoms with E-state index in [1.54, 1.807) is 26.5 Å². The summed E-state index contributed by atoms with van der Waals surface area (Å²) in [6, 6.07) is 13.8. The molecule has 1 aromatic carbocycles. The molecule has 0 unspecified atom stereocenters. The van der Waals surface area contributed by atoms with Crippen LogP contribution in [0.5, 0.6) is 17.2 Å². The molecule has 2 aromatic heterocycles. The first-order valence-corrected chi connectivity index (χ1v) is 11.6. The fourth-order valence-electron chi connectivity index (χ4n) is 4.32. The van der Waals surface area contributed by atoms with Gasteiger partial charge in [0.2, 0.25) is 0 Å². The summed E-state index contributed by atoms with van der Waals surface area (Å²) in [6.45, 7) is 3.76. The molecule has 0 bridgehead atoms. The molecule has 0 aliphatic carbocycles. The molecular weight excluding hydrogens is 430 g/mol. The number of pyridine rings is 2. The predicted octanol–water partition coefficient (Wildman–Crippen LogP) is 4.44. The van der Waals surface area contributed by atoms with Gasteiger partial charge in [-0.05, 0) is 31.2 Å². The van der Waals surface area contributed by atoms with Gasteiger partial charge in [-0.15, -0.1) is 0 Å². The van der Waals surface area contributed by atoms with Crippen LogP contribution in [0.3, 0.4) is 0 Å². The van der Waals surface area contributed by atoms with Crippen LogP contribution in [0.4, 0.5) is 0 Å². The van der Waals surface area contributed by atoms with Gasteiger partial charge in [0.25, 0.3) is 5.91 Å². The molecule has 1 saturated heterocycles. The van der Waals surface area contributed by atoms with Gasteiger partial charge in [0.1, 0.15) is 11.4 Å². The summed E-state index contributed by atoms with van der Waals surface area (Å²) in [6.07, 6.45) is 5.96. The highest BCUT2D eigenvalue weighted by molar-refractivity contribution is 5.93. The number of rotatable bonds is 8. The van der Waals surface area contributed by atoms with Crippen LogP contribution in [0.2, 0.25) is 0 Å². The standard InChI is InChI=1S/C27H31N3O4/c1-19-15-24(32-2)22(17-28-19)21-9-12-30(13-10-21)27(31)23-16-25(33-3)26(18-29-23)34-14-11-20-7-5-4-6-8-20/h4-8,15-18,21H,9-14H2,1-3H3. The number of carbonyl (C=O) groups is 1. The number of hydrogen-bond acceptors (Lipinski definition) is 6. The highest BCUT2D eigenvalue weighted by atomic mass is 16.5. The molecule has 1 amide bonds. The molecular formula is C27H31N3O4. The molecule has 0 saturated carbocycles. The highest BCUT2D eigenvalue weighted by Gasteiger charge is 2.27. The molecule has 0 N–H and O–H groups in total. The summed E-state index contributed by atoms with van der Waals surface area (Å²) in [5.74, 6) is 2.13. The number of nitrogens with zero attached hydrogens (tertiary/aromatic N) is 3. The van der Waals surface area contributed by atoms with E-state index in [9.17, 15) is 4.79 Å². The smallest absolute Gasteiger partial charge is 0.272 e. The number of likely N-dealkylation sites (tertiary alicyclic amines) is 1. The second-order valence-electron chi connectivity index (χ2n) is 8.44. The zero-order valence-electron chi connectivity index (χ0n) is 20.0. The molecule has 1 aliphatic heterocycles. The van der Waals surface area contributed by atoms with E-state index in [0.717, 1.165) is 36.3 Å². The van der Waals surface area contributed by atoms with Gasteiger partial charge in [0.05, 0.1) is 27.0 Å². The van der Waals surface area contributed by atoms with Gasteiger partial charge in [0, 0.05) is 49.1 Å². The third-order valence-corrected chi connectivity index (χ3v) is 6.24. The van der Waals surface area contributed by atoms with Gasteiger partial charge >= 0.3 is 0 Å². The molecule has 34 heavy (non-hydrogen) atoms. The summed E-state index contributed by atoms with van der Waals surface area (Å²) < 4.78 is 16.9. The number of hydrogen-bond donors (Lipinski definition) is 0. The van der Waals surface area contributed by atoms with E-state index in [-0.39, 0.29) is 5.91 Å². The van der Waals surface area contributed by atoms with Gasteiger partial charge < -0.3 is 19.1 Å². The minimum atomic E-state index is -0.0958. The Morgan fingerprint density at radius 1 is 0.971 bits per heavy atom. The Morgan fingerprint density at radius 2 is 1.71 bits per heavy atom. The van der Waals surface area contributed by atoms with Crippen LogP contribution < -0.4 is 14.2 Å². The lowest BCUT2D eigenvalue weighted by molar-refractivity contribution is 0.0706. The van der Waals surface area contributed by atoms with Crippen molar-refractivity contribution in [3.05, 3.63) is 77.4 Å². The molecule has 3 aromatic rings. The maximum absolute atomic E-state index is 13.1. The Labute approximate surface area is 200 Å². The van der Waals surface area contributed by atoms with Crippen molar-refractivity contribution in [2.75, 3.05) is 33.9 Å². The lowest BCUT2D eigenvalue weighted by Crippen LogP contribution is -2.38. The molecule has 0 atom stereocenters. The van der Waals surface area contributed by atoms with E-state index in [2.05, 4.69) is 22.1 Å². The molecule has 7 heteroatoms. The quantitative estimate of drug-likeness (QED) is 0.494. The molecule has 7 nitrogen and oxygen atoms in total. The average molecular weight is 462 g/mol. The first-order valence-electron chi connectivity index (χ1n) is 11.6. The second kappa shape index (κ2) is 11.0. The lowest BCUT2D eigenvalue weighted by atomic mass is 9.89. The van der Waals surface area contributed by atoms with Crippen molar-refractivity contribution in [3.63, 3.8) is 0 Å². The van der Waals surface area contributed by atoms with Crippen molar-refractivity contribution < 1.29 is 19.0 Å². The molecule has 0 radical (unpaired) electrons. The van der Waals surface area contributed by atoms with Gasteiger partial charge in [0.15, 0.2) is 11.5 Å². The number of ether oxygens (including phenoxy) is 3. The van der Waals surface area contributed by atoms with Crippen molar-refractivity contribution in [2.45, 2.75) is 32.1 Å². The zero-order chi connectivity index (χ0) is 23.9. The fraction of sp³-hybridized carbons (Fsp3) is 0.370. The Morgan fingerprint density at radius 3 is 2.41 bits per heavy atom. The zero-order valence-corrected chi connectivity index (χ0v) is 20.0. The number of amides is 1. The SMILES string of the molecule is COc1cc(C(=O)N2CCC(c3cnc(C)cc3OC)CC2)ncc1OCCc1ccccc1. The number of piperidine rings is 1. The van der Waals surface area contributed by atoms with Crippen LogP contribution in [0.15, 0.2) is 54.9 Å². The van der Waals surface area contributed by atoms with E-state index in [0.29, 0.717) is 42.8 Å². The third kappa shape index (κ3) is 5.47. The molecule has 1 aliphatic rings. The number of carbonyl (C=O) groups excluding carboxylic acids is 1. The Balaban J connectivity index is 1.36. The largest absolute Gasteiger partial charge is 0.496 e. The van der Waals surface area contributed by atoms with Crippen molar-refractivity contribution in [3.8, 4) is 17.2 Å². The van der Waals surface area contributed by atoms with Crippen LogP contribution in [-0.2, 0) is 6.42 Å². The minimum absolute atomic E-state index is 0.0958. The Hall–Kier alpha value is -3.61. The van der Waals surface area contributed by atoms with Crippen LogP contribution in [0.25, 0.3) is 0 Å². The van der Waals surface area contributed by atoms with E-state index >= 15 is 0 Å². The normalized spacial score (nSPS) is 14.0. The van der Waals surface area contributed by atoms with Gasteiger partial charge in [-0.25, -0.2) is 4.98 Å². The molecule has 1 fully saturated rings. The first-order chi connectivity index (χ1) is 16.6. The van der Waals surface area contributed by atoms with Crippen LogP contribution in [-0.4, -0.2) is 54.7 Å². The number of benzene rings is 1. The summed E-state index contributed by atoms with van der Waals surface area (Å²) in [4.78, 5) is 23.8. The summed E-state index contributed by atoms with van der Waals surface area (Å²) in [5.41, 5.74) is 3.60. The maximum Gasteiger partial charge on any atom is 0.272 e. The fourth-order valence-corrected chi connectivity index (χ4v) is 4.32. The lowest BCUT2D eigenvalue weighted by Gasteiger charge is -2.32. The van der Waals surface area contributed by atoms with Crippen molar-refractivity contribution >= 4 is 5.91 Å². The number of aromatic nitrogens is 2. The monoisotopic (exact) mass is 461 g/mol. The maximum atomic E-state index is 13.1. The van der Waals surface area contributed by atoms with Gasteiger partial charge in [-0.3, -0.25) is 9.78 Å². The topological polar surface area (TPSA) is 73.8 Å². The summed E-state index contributed by atoms with van der Waals surface area (Å²) >= 11 is 0. The van der Waals surface area contributed by atoms with Crippen molar-refractivity contribution in [2.24, 2.45) is 0 Å². The minimum Gasteiger partial charge on any atom is -0.496 e. The average Bonchev–Trinajstić information content (AvgIpc) is 2.89. The van der Waals surface area contributed by atoms with Crippen molar-refractivity contribution in [1.82, 2.24) is 14.9 Å². The van der Waals surface area contributed by atoms with E-state index in [4.69, 9.17) is 14.2 Å². The van der Waals surface area contributed by atoms with E-state index in [1.165, 1.54) is 5.56 Å². The number of aryl methyl sites for hydroxylation is 1. The highest BCUT2D eigenvalue weighted by Crippen LogP contribution is 2.35. The molecule has 0 spiro atoms. The number of methoxy groups -OCH3 is 2. The molecule has 4 rings (SSSR count). The molecule has 178 valence electrons. The van der Waals surface area contributed by atoms with Gasteiger partial charge in [-0.2, -0.15) is 0 Å². The third-order valence-electron chi connectivity index (χ3n) is 6.24. The summed E-state index contributed by atoms with van der Waals surface area (Å²) in [7, 11) is 3.26. The first kappa shape index (κ1) is 23.5. The van der Waals surface area contributed by atoms with E-state index in [1.807, 2.05) is 42.3 Å². The van der Waals surface area contributed by atoms with Crippen LogP contribution >= 0.6 is 0 Å². The van der Waals surface area contributed by atoms with Gasteiger partial charge in [-0.1, -0.05) is 30.3 Å². The Bertz CT molecular complexity index is 1110. The second-order valence-corrected chi connectivity index (χ2v) is 8.44.